The Balaban J connectivity index is 2.23. The summed E-state index contributed by atoms with van der Waals surface area (Å²) in [5.74, 6) is -1.45. The number of phenols is 1. The van der Waals surface area contributed by atoms with E-state index in [0.717, 1.165) is 6.07 Å². The number of rotatable bonds is 3. The summed E-state index contributed by atoms with van der Waals surface area (Å²) in [6.07, 6.45) is 1.39. The number of hydrogen-bond acceptors (Lipinski definition) is 4. The first-order chi connectivity index (χ1) is 8.99. The van der Waals surface area contributed by atoms with Gasteiger partial charge in [-0.25, -0.2) is 4.79 Å². The van der Waals surface area contributed by atoms with Gasteiger partial charge in [-0.3, -0.25) is 4.79 Å². The number of anilines is 1. The fourth-order valence-corrected chi connectivity index (χ4v) is 1.58. The monoisotopic (exact) mass is 261 g/mol. The zero-order valence-electron chi connectivity index (χ0n) is 10.0. The zero-order chi connectivity index (χ0) is 14.0. The average molecular weight is 261 g/mol. The molecule has 0 aliphatic heterocycles. The lowest BCUT2D eigenvalue weighted by atomic mass is 10.1. The van der Waals surface area contributed by atoms with Gasteiger partial charge in [-0.1, -0.05) is 0 Å². The summed E-state index contributed by atoms with van der Waals surface area (Å²) in [5, 5.41) is 20.9. The van der Waals surface area contributed by atoms with Gasteiger partial charge in [0.15, 0.2) is 0 Å². The maximum absolute atomic E-state index is 11.9. The molecule has 0 fully saturated rings. The second kappa shape index (κ2) is 4.85. The molecule has 0 saturated carbocycles. The van der Waals surface area contributed by atoms with Gasteiger partial charge in [-0.15, -0.1) is 0 Å². The number of benzene rings is 1. The van der Waals surface area contributed by atoms with Crippen molar-refractivity contribution in [3.05, 3.63) is 47.4 Å². The van der Waals surface area contributed by atoms with Crippen LogP contribution >= 0.6 is 0 Å². The molecule has 6 heteroatoms. The quantitative estimate of drug-likeness (QED) is 0.736. The second-order valence-electron chi connectivity index (χ2n) is 3.88. The average Bonchev–Trinajstić information content (AvgIpc) is 2.77. The summed E-state index contributed by atoms with van der Waals surface area (Å²) in [6, 6.07) is 5.19. The number of aromatic carboxylic acids is 1. The molecular weight excluding hydrogens is 250 g/mol. The number of carboxylic acids is 1. The van der Waals surface area contributed by atoms with Gasteiger partial charge >= 0.3 is 5.97 Å². The van der Waals surface area contributed by atoms with Crippen LogP contribution in [0.25, 0.3) is 0 Å². The highest BCUT2D eigenvalue weighted by Gasteiger charge is 2.14. The van der Waals surface area contributed by atoms with E-state index in [1.165, 1.54) is 24.5 Å². The van der Waals surface area contributed by atoms with E-state index in [2.05, 4.69) is 5.32 Å². The fourth-order valence-electron chi connectivity index (χ4n) is 1.58. The Labute approximate surface area is 108 Å². The molecule has 1 heterocycles. The molecular formula is C13H11NO5. The molecule has 0 aliphatic carbocycles. The molecule has 0 aliphatic rings. The van der Waals surface area contributed by atoms with Crippen LogP contribution in [-0.2, 0) is 0 Å². The number of nitrogens with one attached hydrogen (secondary N) is 1. The largest absolute Gasteiger partial charge is 0.506 e. The van der Waals surface area contributed by atoms with Crippen LogP contribution in [0.3, 0.4) is 0 Å². The van der Waals surface area contributed by atoms with Gasteiger partial charge in [0, 0.05) is 0 Å². The van der Waals surface area contributed by atoms with Crippen LogP contribution in [0, 0.1) is 6.92 Å². The minimum Gasteiger partial charge on any atom is -0.506 e. The van der Waals surface area contributed by atoms with Gasteiger partial charge in [-0.2, -0.15) is 0 Å². The molecule has 1 amide bonds. The first-order valence-electron chi connectivity index (χ1n) is 5.41. The van der Waals surface area contributed by atoms with E-state index < -0.39 is 11.9 Å². The van der Waals surface area contributed by atoms with Crippen molar-refractivity contribution in [1.29, 1.82) is 0 Å². The zero-order valence-corrected chi connectivity index (χ0v) is 10.0. The van der Waals surface area contributed by atoms with Crippen LogP contribution in [0.15, 0.2) is 34.9 Å². The Morgan fingerprint density at radius 3 is 2.53 bits per heavy atom. The van der Waals surface area contributed by atoms with Crippen LogP contribution in [0.5, 0.6) is 5.75 Å². The Bertz CT molecular complexity index is 644. The molecule has 6 nitrogen and oxygen atoms in total. The van der Waals surface area contributed by atoms with Crippen molar-refractivity contribution in [2.75, 3.05) is 5.32 Å². The molecule has 98 valence electrons. The van der Waals surface area contributed by atoms with E-state index in [0.29, 0.717) is 11.3 Å². The molecule has 1 aromatic heterocycles. The molecule has 0 bridgehead atoms. The van der Waals surface area contributed by atoms with Gasteiger partial charge in [0.2, 0.25) is 0 Å². The van der Waals surface area contributed by atoms with Crippen molar-refractivity contribution in [2.24, 2.45) is 0 Å². The van der Waals surface area contributed by atoms with Crippen molar-refractivity contribution in [2.45, 2.75) is 6.92 Å². The van der Waals surface area contributed by atoms with Gasteiger partial charge in [0.1, 0.15) is 11.5 Å². The van der Waals surface area contributed by atoms with E-state index in [4.69, 9.17) is 9.52 Å². The SMILES string of the molecule is Cc1occc1C(=O)Nc1ccc(C(=O)O)cc1O. The van der Waals surface area contributed by atoms with Gasteiger partial charge in [-0.05, 0) is 31.2 Å². The molecule has 3 N–H and O–H groups in total. The molecule has 19 heavy (non-hydrogen) atoms. The van der Waals surface area contributed by atoms with Crippen molar-refractivity contribution in [3.8, 4) is 5.75 Å². The number of carbonyl (C=O) groups excluding carboxylic acids is 1. The molecule has 0 saturated heterocycles. The van der Waals surface area contributed by atoms with Crippen molar-refractivity contribution < 1.29 is 24.2 Å². The number of carboxylic acid groups (broad SMARTS) is 1. The predicted molar refractivity (Wildman–Crippen MR) is 66.5 cm³/mol. The van der Waals surface area contributed by atoms with E-state index in [-0.39, 0.29) is 17.0 Å². The molecule has 2 aromatic rings. The lowest BCUT2D eigenvalue weighted by Gasteiger charge is -2.07. The number of furan rings is 1. The maximum Gasteiger partial charge on any atom is 0.335 e. The Hall–Kier alpha value is -2.76. The summed E-state index contributed by atoms with van der Waals surface area (Å²) in [5.41, 5.74) is 0.423. The number of aryl methyl sites for hydroxylation is 1. The summed E-state index contributed by atoms with van der Waals surface area (Å²) in [6.45, 7) is 1.64. The van der Waals surface area contributed by atoms with Crippen LogP contribution in [0.1, 0.15) is 26.5 Å². The van der Waals surface area contributed by atoms with Gasteiger partial charge < -0.3 is 19.9 Å². The smallest absolute Gasteiger partial charge is 0.335 e. The summed E-state index contributed by atoms with van der Waals surface area (Å²) in [7, 11) is 0. The molecule has 0 radical (unpaired) electrons. The third kappa shape index (κ3) is 2.57. The van der Waals surface area contributed by atoms with E-state index in [9.17, 15) is 14.7 Å². The highest BCUT2D eigenvalue weighted by Crippen LogP contribution is 2.25. The highest BCUT2D eigenvalue weighted by atomic mass is 16.4. The third-order valence-electron chi connectivity index (χ3n) is 2.60. The van der Waals surface area contributed by atoms with E-state index in [1.807, 2.05) is 0 Å². The fraction of sp³-hybridized carbons (Fsp3) is 0.0769. The molecule has 2 rings (SSSR count). The lowest BCUT2D eigenvalue weighted by molar-refractivity contribution is 0.0696. The normalized spacial score (nSPS) is 10.2. The maximum atomic E-state index is 11.9. The number of phenolic OH excluding ortho intramolecular Hbond substituents is 1. The highest BCUT2D eigenvalue weighted by molar-refractivity contribution is 6.05. The number of amides is 1. The Morgan fingerprint density at radius 2 is 2.00 bits per heavy atom. The summed E-state index contributed by atoms with van der Waals surface area (Å²) < 4.78 is 5.00. The molecule has 0 atom stereocenters. The van der Waals surface area contributed by atoms with Crippen LogP contribution in [-0.4, -0.2) is 22.1 Å². The first kappa shape index (κ1) is 12.7. The van der Waals surface area contributed by atoms with Crippen molar-refractivity contribution >= 4 is 17.6 Å². The predicted octanol–water partition coefficient (Wildman–Crippen LogP) is 2.24. The lowest BCUT2D eigenvalue weighted by Crippen LogP contribution is -2.12. The van der Waals surface area contributed by atoms with Crippen molar-refractivity contribution in [1.82, 2.24) is 0 Å². The molecule has 1 aromatic carbocycles. The number of hydrogen-bond donors (Lipinski definition) is 3. The standard InChI is InChI=1S/C13H11NO5/c1-7-9(4-5-19-7)12(16)14-10-3-2-8(13(17)18)6-11(10)15/h2-6,15H,1H3,(H,14,16)(H,17,18). The van der Waals surface area contributed by atoms with Crippen molar-refractivity contribution in [3.63, 3.8) is 0 Å². The summed E-state index contributed by atoms with van der Waals surface area (Å²) >= 11 is 0. The minimum absolute atomic E-state index is 0.0602. The third-order valence-corrected chi connectivity index (χ3v) is 2.60. The minimum atomic E-state index is -1.15. The number of carbonyl (C=O) groups is 2. The van der Waals surface area contributed by atoms with Crippen LogP contribution in [0.4, 0.5) is 5.69 Å². The Morgan fingerprint density at radius 1 is 1.26 bits per heavy atom. The van der Waals surface area contributed by atoms with Crippen LogP contribution in [0.2, 0.25) is 0 Å². The summed E-state index contributed by atoms with van der Waals surface area (Å²) in [4.78, 5) is 22.6. The molecule has 0 spiro atoms. The van der Waals surface area contributed by atoms with Crippen LogP contribution < -0.4 is 5.32 Å². The van der Waals surface area contributed by atoms with Gasteiger partial charge in [0.05, 0.1) is 23.1 Å². The van der Waals surface area contributed by atoms with E-state index in [1.54, 1.807) is 6.92 Å². The second-order valence-corrected chi connectivity index (χ2v) is 3.88. The van der Waals surface area contributed by atoms with E-state index >= 15 is 0 Å². The molecule has 0 unspecified atom stereocenters. The Kier molecular flexibility index (Phi) is 3.24. The number of aromatic hydroxyl groups is 1. The van der Waals surface area contributed by atoms with Gasteiger partial charge in [0.25, 0.3) is 5.91 Å². The topological polar surface area (TPSA) is 99.8 Å². The first-order valence-corrected chi connectivity index (χ1v) is 5.41.